The molecule has 15 nitrogen and oxygen atoms in total. The summed E-state index contributed by atoms with van der Waals surface area (Å²) in [6.07, 6.45) is -3.05. The zero-order valence-electron chi connectivity index (χ0n) is 29.2. The van der Waals surface area contributed by atoms with Crippen molar-refractivity contribution >= 4 is 11.9 Å². The van der Waals surface area contributed by atoms with Crippen LogP contribution < -0.4 is 0 Å². The van der Waals surface area contributed by atoms with Crippen LogP contribution in [0.2, 0.25) is 0 Å². The van der Waals surface area contributed by atoms with Gasteiger partial charge in [-0.15, -0.1) is 0 Å². The SMILES string of the molecule is CCCCCCCCCCCC(=O)OC[C@H](CO[C@@H]1O[C@H](CO[C@H]2O[C@H](CO)[C@H](O)[C@H](O)[C@H]2O)[C@H](O)[C@H](O)[C@H]1O)OC(=O)CCCCCC. The monoisotopic (exact) mass is 710 g/mol. The minimum absolute atomic E-state index is 0.160. The molecule has 2 rings (SSSR count). The van der Waals surface area contributed by atoms with Crippen molar-refractivity contribution < 1.29 is 73.8 Å². The molecule has 2 fully saturated rings. The summed E-state index contributed by atoms with van der Waals surface area (Å²) in [4.78, 5) is 25.0. The summed E-state index contributed by atoms with van der Waals surface area (Å²) >= 11 is 0. The third-order valence-electron chi connectivity index (χ3n) is 8.84. The van der Waals surface area contributed by atoms with Gasteiger partial charge in [0, 0.05) is 12.8 Å². The predicted octanol–water partition coefficient (Wildman–Crippen LogP) is 0.973. The Morgan fingerprint density at radius 3 is 1.61 bits per heavy atom. The molecule has 0 aromatic heterocycles. The highest BCUT2D eigenvalue weighted by atomic mass is 16.7. The van der Waals surface area contributed by atoms with Gasteiger partial charge in [-0.05, 0) is 12.8 Å². The van der Waals surface area contributed by atoms with E-state index in [1.54, 1.807) is 0 Å². The fourth-order valence-corrected chi connectivity index (χ4v) is 5.68. The van der Waals surface area contributed by atoms with Gasteiger partial charge in [-0.3, -0.25) is 9.59 Å². The van der Waals surface area contributed by atoms with Gasteiger partial charge in [0.1, 0.15) is 55.4 Å². The van der Waals surface area contributed by atoms with Crippen LogP contribution in [0, 0.1) is 0 Å². The predicted molar refractivity (Wildman–Crippen MR) is 174 cm³/mol. The highest BCUT2D eigenvalue weighted by Gasteiger charge is 2.47. The molecule has 15 heteroatoms. The second-order valence-electron chi connectivity index (χ2n) is 13.1. The van der Waals surface area contributed by atoms with Crippen LogP contribution in [-0.4, -0.2) is 142 Å². The van der Waals surface area contributed by atoms with Crippen LogP contribution in [0.5, 0.6) is 0 Å². The van der Waals surface area contributed by atoms with Crippen molar-refractivity contribution in [3.63, 3.8) is 0 Å². The van der Waals surface area contributed by atoms with E-state index < -0.39 is 92.7 Å². The molecule has 7 N–H and O–H groups in total. The van der Waals surface area contributed by atoms with Crippen molar-refractivity contribution in [2.24, 2.45) is 0 Å². The van der Waals surface area contributed by atoms with Gasteiger partial charge in [0.2, 0.25) is 0 Å². The van der Waals surface area contributed by atoms with Gasteiger partial charge in [0.05, 0.1) is 19.8 Å². The van der Waals surface area contributed by atoms with E-state index in [1.165, 1.54) is 32.1 Å². The average molecular weight is 711 g/mol. The average Bonchev–Trinajstić information content (AvgIpc) is 3.09. The van der Waals surface area contributed by atoms with E-state index in [4.69, 9.17) is 28.4 Å². The Balaban J connectivity index is 1.91. The van der Waals surface area contributed by atoms with Gasteiger partial charge in [0.15, 0.2) is 18.7 Å². The number of carbonyl (C=O) groups is 2. The summed E-state index contributed by atoms with van der Waals surface area (Å²) < 4.78 is 33.0. The first-order valence-electron chi connectivity index (χ1n) is 18.1. The quantitative estimate of drug-likeness (QED) is 0.0517. The van der Waals surface area contributed by atoms with E-state index in [-0.39, 0.29) is 26.1 Å². The molecule has 0 radical (unpaired) electrons. The van der Waals surface area contributed by atoms with Crippen molar-refractivity contribution in [2.75, 3.05) is 26.4 Å². The Bertz CT molecular complexity index is 892. The maximum atomic E-state index is 12.6. The zero-order chi connectivity index (χ0) is 36.2. The first-order valence-corrected chi connectivity index (χ1v) is 18.1. The highest BCUT2D eigenvalue weighted by Crippen LogP contribution is 2.26. The first kappa shape index (κ1) is 43.7. The number of aliphatic hydroxyl groups is 7. The Labute approximate surface area is 289 Å². The highest BCUT2D eigenvalue weighted by molar-refractivity contribution is 5.70. The minimum atomic E-state index is -1.75. The third-order valence-corrected chi connectivity index (χ3v) is 8.84. The maximum Gasteiger partial charge on any atom is 0.306 e. The van der Waals surface area contributed by atoms with Crippen molar-refractivity contribution in [3.8, 4) is 0 Å². The van der Waals surface area contributed by atoms with Crippen LogP contribution in [-0.2, 0) is 38.0 Å². The largest absolute Gasteiger partial charge is 0.462 e. The number of esters is 2. The fraction of sp³-hybridized carbons (Fsp3) is 0.941. The van der Waals surface area contributed by atoms with E-state index in [0.29, 0.717) is 12.8 Å². The Morgan fingerprint density at radius 1 is 0.571 bits per heavy atom. The molecule has 0 saturated carbocycles. The number of aliphatic hydroxyl groups excluding tert-OH is 7. The number of hydrogen-bond acceptors (Lipinski definition) is 15. The summed E-state index contributed by atoms with van der Waals surface area (Å²) in [5.41, 5.74) is 0. The topological polar surface area (TPSA) is 231 Å². The zero-order valence-corrected chi connectivity index (χ0v) is 29.2. The molecule has 0 spiro atoms. The van der Waals surface area contributed by atoms with Crippen LogP contribution in [0.3, 0.4) is 0 Å². The van der Waals surface area contributed by atoms with Crippen molar-refractivity contribution in [3.05, 3.63) is 0 Å². The first-order chi connectivity index (χ1) is 23.5. The molecule has 11 atom stereocenters. The standard InChI is InChI=1S/C34H62O15/c1-3-5-7-9-10-11-12-13-15-16-25(36)44-19-22(47-26(37)17-14-8-6-4-2)20-45-33-32(43)30(41)28(39)24(49-33)21-46-34-31(42)29(40)27(38)23(18-35)48-34/h22-24,27-35,38-43H,3-21H2,1-2H3/t22-,23-,24-,27+,28+,29+,30+,31-,32-,33-,34+/m1/s1. The molecule has 0 aromatic rings. The summed E-state index contributed by atoms with van der Waals surface area (Å²) in [5, 5.41) is 71.1. The molecule has 0 aliphatic carbocycles. The van der Waals surface area contributed by atoms with E-state index in [9.17, 15) is 45.3 Å². The second kappa shape index (κ2) is 24.6. The molecule has 0 aromatic carbocycles. The van der Waals surface area contributed by atoms with E-state index in [0.717, 1.165) is 38.5 Å². The number of rotatable bonds is 25. The number of unbranched alkanes of at least 4 members (excludes halogenated alkanes) is 11. The van der Waals surface area contributed by atoms with Gasteiger partial charge < -0.3 is 64.2 Å². The fourth-order valence-electron chi connectivity index (χ4n) is 5.68. The van der Waals surface area contributed by atoms with Gasteiger partial charge >= 0.3 is 11.9 Å². The number of hydrogen-bond donors (Lipinski definition) is 7. The lowest BCUT2D eigenvalue weighted by Gasteiger charge is -2.42. The van der Waals surface area contributed by atoms with Gasteiger partial charge in [-0.2, -0.15) is 0 Å². The second-order valence-corrected chi connectivity index (χ2v) is 13.1. The normalized spacial score (nSPS) is 31.0. The summed E-state index contributed by atoms with van der Waals surface area (Å²) in [6, 6.07) is 0. The summed E-state index contributed by atoms with van der Waals surface area (Å²) in [7, 11) is 0. The molecule has 2 heterocycles. The molecule has 0 amide bonds. The number of ether oxygens (including phenoxy) is 6. The molecular formula is C34H62O15. The Kier molecular flexibility index (Phi) is 22.0. The summed E-state index contributed by atoms with van der Waals surface area (Å²) in [6.45, 7) is 2.36. The van der Waals surface area contributed by atoms with Crippen LogP contribution >= 0.6 is 0 Å². The molecular weight excluding hydrogens is 648 g/mol. The van der Waals surface area contributed by atoms with E-state index in [1.807, 2.05) is 0 Å². The molecule has 288 valence electrons. The molecule has 49 heavy (non-hydrogen) atoms. The van der Waals surface area contributed by atoms with Crippen molar-refractivity contribution in [1.82, 2.24) is 0 Å². The lowest BCUT2D eigenvalue weighted by atomic mass is 9.98. The van der Waals surface area contributed by atoms with Crippen LogP contribution in [0.4, 0.5) is 0 Å². The molecule has 2 saturated heterocycles. The lowest BCUT2D eigenvalue weighted by molar-refractivity contribution is -0.332. The molecule has 2 aliphatic rings. The minimum Gasteiger partial charge on any atom is -0.462 e. The lowest BCUT2D eigenvalue weighted by Crippen LogP contribution is -2.61. The van der Waals surface area contributed by atoms with Gasteiger partial charge in [0.25, 0.3) is 0 Å². The third kappa shape index (κ3) is 15.7. The smallest absolute Gasteiger partial charge is 0.306 e. The van der Waals surface area contributed by atoms with E-state index >= 15 is 0 Å². The van der Waals surface area contributed by atoms with Crippen molar-refractivity contribution in [1.29, 1.82) is 0 Å². The van der Waals surface area contributed by atoms with Gasteiger partial charge in [-0.1, -0.05) is 84.5 Å². The summed E-state index contributed by atoms with van der Waals surface area (Å²) in [5.74, 6) is -0.948. The number of carbonyl (C=O) groups excluding carboxylic acids is 2. The van der Waals surface area contributed by atoms with Gasteiger partial charge in [-0.25, -0.2) is 0 Å². The van der Waals surface area contributed by atoms with Crippen LogP contribution in [0.15, 0.2) is 0 Å². The Hall–Kier alpha value is -1.50. The molecule has 0 bridgehead atoms. The molecule has 0 unspecified atom stereocenters. The van der Waals surface area contributed by atoms with Crippen LogP contribution in [0.1, 0.15) is 110 Å². The molecule has 2 aliphatic heterocycles. The van der Waals surface area contributed by atoms with Crippen LogP contribution in [0.25, 0.3) is 0 Å². The van der Waals surface area contributed by atoms with Crippen molar-refractivity contribution in [2.45, 2.75) is 178 Å². The van der Waals surface area contributed by atoms with E-state index in [2.05, 4.69) is 13.8 Å². The maximum absolute atomic E-state index is 12.6. The Morgan fingerprint density at radius 2 is 1.04 bits per heavy atom.